The van der Waals surface area contributed by atoms with E-state index in [1.165, 1.54) is 0 Å². The third-order valence-electron chi connectivity index (χ3n) is 0.701. The lowest BCUT2D eigenvalue weighted by Crippen LogP contribution is -1.96. The summed E-state index contributed by atoms with van der Waals surface area (Å²) in [5.41, 5.74) is 6.73. The van der Waals surface area contributed by atoms with Crippen LogP contribution in [0.4, 0.5) is 0 Å². The van der Waals surface area contributed by atoms with E-state index in [1.54, 1.807) is 6.08 Å². The van der Waals surface area contributed by atoms with Crippen LogP contribution in [0.1, 0.15) is 6.42 Å². The largest absolute Gasteiger partial charge is 0.377 e. The second kappa shape index (κ2) is 6.66. The molecule has 2 nitrogen and oxygen atoms in total. The van der Waals surface area contributed by atoms with Crippen LogP contribution in [0.5, 0.6) is 0 Å². The molecule has 0 saturated carbocycles. The van der Waals surface area contributed by atoms with Crippen LogP contribution in [0.15, 0.2) is 12.7 Å². The molecular weight excluding hydrogens is 102 g/mol. The molecule has 0 heterocycles. The lowest BCUT2D eigenvalue weighted by Gasteiger charge is -1.95. The van der Waals surface area contributed by atoms with Crippen molar-refractivity contribution >= 4 is 0 Å². The summed E-state index contributed by atoms with van der Waals surface area (Å²) in [6.07, 6.45) is 2.54. The Hall–Kier alpha value is -0.340. The molecule has 0 saturated heterocycles. The average molecular weight is 114 g/mol. The monoisotopic (exact) mass is 114 g/mol. The Balaban J connectivity index is 2.62. The molecule has 0 aromatic rings. The van der Waals surface area contributed by atoms with Crippen LogP contribution in [0, 0.1) is 0 Å². The van der Waals surface area contributed by atoms with Gasteiger partial charge in [-0.05, 0) is 6.42 Å². The van der Waals surface area contributed by atoms with Gasteiger partial charge in [0.2, 0.25) is 0 Å². The van der Waals surface area contributed by atoms with Crippen LogP contribution >= 0.6 is 0 Å². The molecule has 0 aliphatic rings. The standard InChI is InChI=1S/C6H12NO/c1-2-5-8-6-3-4-7/h2,7H,1,3-6H2. The fourth-order valence-electron chi connectivity index (χ4n) is 0.341. The van der Waals surface area contributed by atoms with Gasteiger partial charge in [-0.1, -0.05) is 6.08 Å². The van der Waals surface area contributed by atoms with Gasteiger partial charge in [-0.2, -0.15) is 0 Å². The Bertz CT molecular complexity index is 54.5. The van der Waals surface area contributed by atoms with E-state index in [9.17, 15) is 0 Å². The predicted octanol–water partition coefficient (Wildman–Crippen LogP) is 0.862. The molecule has 1 radical (unpaired) electrons. The van der Waals surface area contributed by atoms with E-state index >= 15 is 0 Å². The molecular formula is C6H12NO. The van der Waals surface area contributed by atoms with E-state index in [0.29, 0.717) is 19.8 Å². The Labute approximate surface area is 50.3 Å². The Morgan fingerprint density at radius 2 is 2.38 bits per heavy atom. The first kappa shape index (κ1) is 7.66. The van der Waals surface area contributed by atoms with E-state index < -0.39 is 0 Å². The predicted molar refractivity (Wildman–Crippen MR) is 33.6 cm³/mol. The second-order valence-corrected chi connectivity index (χ2v) is 1.47. The zero-order valence-corrected chi connectivity index (χ0v) is 5.02. The summed E-state index contributed by atoms with van der Waals surface area (Å²) >= 11 is 0. The third-order valence-corrected chi connectivity index (χ3v) is 0.701. The molecule has 0 atom stereocenters. The molecule has 0 aliphatic carbocycles. The molecule has 0 spiro atoms. The molecule has 0 rings (SSSR count). The summed E-state index contributed by atoms with van der Waals surface area (Å²) in [5, 5.41) is 0. The molecule has 0 fully saturated rings. The minimum atomic E-state index is 0.455. The Morgan fingerprint density at radius 1 is 1.62 bits per heavy atom. The second-order valence-electron chi connectivity index (χ2n) is 1.47. The minimum absolute atomic E-state index is 0.455. The van der Waals surface area contributed by atoms with Crippen molar-refractivity contribution in [3.05, 3.63) is 12.7 Å². The Kier molecular flexibility index (Phi) is 6.38. The smallest absolute Gasteiger partial charge is 0.0644 e. The van der Waals surface area contributed by atoms with E-state index in [2.05, 4.69) is 6.58 Å². The van der Waals surface area contributed by atoms with Crippen molar-refractivity contribution in [3.8, 4) is 0 Å². The van der Waals surface area contributed by atoms with Crippen molar-refractivity contribution < 1.29 is 4.74 Å². The van der Waals surface area contributed by atoms with Gasteiger partial charge < -0.3 is 4.74 Å². The van der Waals surface area contributed by atoms with Crippen molar-refractivity contribution in [1.29, 1.82) is 0 Å². The van der Waals surface area contributed by atoms with Crippen LogP contribution in [-0.2, 0) is 4.74 Å². The van der Waals surface area contributed by atoms with Gasteiger partial charge >= 0.3 is 0 Å². The first-order chi connectivity index (χ1) is 3.91. The molecule has 2 heteroatoms. The van der Waals surface area contributed by atoms with E-state index in [-0.39, 0.29) is 0 Å². The summed E-state index contributed by atoms with van der Waals surface area (Å²) < 4.78 is 4.99. The fourth-order valence-corrected chi connectivity index (χ4v) is 0.341. The summed E-state index contributed by atoms with van der Waals surface area (Å²) in [4.78, 5) is 0. The molecule has 8 heavy (non-hydrogen) atoms. The highest BCUT2D eigenvalue weighted by atomic mass is 16.5. The molecule has 0 unspecified atom stereocenters. The highest BCUT2D eigenvalue weighted by Crippen LogP contribution is 1.78. The third kappa shape index (κ3) is 5.66. The minimum Gasteiger partial charge on any atom is -0.377 e. The van der Waals surface area contributed by atoms with E-state index in [4.69, 9.17) is 10.5 Å². The normalized spacial score (nSPS) is 9.12. The van der Waals surface area contributed by atoms with Crippen molar-refractivity contribution in [2.45, 2.75) is 6.42 Å². The fraction of sp³-hybridized carbons (Fsp3) is 0.667. The lowest BCUT2D eigenvalue weighted by molar-refractivity contribution is 0.161. The van der Waals surface area contributed by atoms with Crippen LogP contribution < -0.4 is 5.73 Å². The SMILES string of the molecule is C=CCOCCC[NH]. The number of hydrogen-bond donors (Lipinski definition) is 0. The summed E-state index contributed by atoms with van der Waals surface area (Å²) in [7, 11) is 0. The van der Waals surface area contributed by atoms with Crippen molar-refractivity contribution in [3.63, 3.8) is 0 Å². The van der Waals surface area contributed by atoms with E-state index in [0.717, 1.165) is 6.42 Å². The van der Waals surface area contributed by atoms with Gasteiger partial charge in [0, 0.05) is 13.2 Å². The summed E-state index contributed by atoms with van der Waals surface area (Å²) in [5.74, 6) is 0. The molecule has 0 bridgehead atoms. The molecule has 0 amide bonds. The number of ether oxygens (including phenoxy) is 1. The van der Waals surface area contributed by atoms with Gasteiger partial charge in [-0.15, -0.1) is 6.58 Å². The lowest BCUT2D eigenvalue weighted by atomic mass is 10.5. The molecule has 0 aromatic heterocycles. The maximum atomic E-state index is 6.73. The van der Waals surface area contributed by atoms with Gasteiger partial charge in [0.1, 0.15) is 0 Å². The van der Waals surface area contributed by atoms with Gasteiger partial charge in [-0.25, -0.2) is 0 Å². The zero-order chi connectivity index (χ0) is 6.24. The number of nitrogens with one attached hydrogen (secondary N) is 1. The van der Waals surface area contributed by atoms with Gasteiger partial charge in [0.25, 0.3) is 0 Å². The first-order valence-corrected chi connectivity index (χ1v) is 2.75. The van der Waals surface area contributed by atoms with Gasteiger partial charge in [0.15, 0.2) is 0 Å². The summed E-state index contributed by atoms with van der Waals surface area (Å²) in [6.45, 7) is 5.24. The van der Waals surface area contributed by atoms with Crippen molar-refractivity contribution in [2.75, 3.05) is 19.8 Å². The highest BCUT2D eigenvalue weighted by molar-refractivity contribution is 4.63. The zero-order valence-electron chi connectivity index (χ0n) is 5.02. The number of hydrogen-bond acceptors (Lipinski definition) is 1. The maximum absolute atomic E-state index is 6.73. The molecule has 0 aromatic carbocycles. The highest BCUT2D eigenvalue weighted by Gasteiger charge is 1.80. The first-order valence-electron chi connectivity index (χ1n) is 2.75. The van der Waals surface area contributed by atoms with Crippen molar-refractivity contribution in [1.82, 2.24) is 5.73 Å². The quantitative estimate of drug-likeness (QED) is 0.385. The topological polar surface area (TPSA) is 33.0 Å². The van der Waals surface area contributed by atoms with E-state index in [1.807, 2.05) is 0 Å². The van der Waals surface area contributed by atoms with Crippen LogP contribution in [-0.4, -0.2) is 19.8 Å². The van der Waals surface area contributed by atoms with Crippen molar-refractivity contribution in [2.24, 2.45) is 0 Å². The van der Waals surface area contributed by atoms with Crippen LogP contribution in [0.3, 0.4) is 0 Å². The Morgan fingerprint density at radius 3 is 2.88 bits per heavy atom. The van der Waals surface area contributed by atoms with Gasteiger partial charge in [0.05, 0.1) is 6.61 Å². The molecule has 47 valence electrons. The molecule has 0 aliphatic heterocycles. The van der Waals surface area contributed by atoms with Crippen LogP contribution in [0.25, 0.3) is 0 Å². The number of rotatable bonds is 5. The maximum Gasteiger partial charge on any atom is 0.0644 e. The van der Waals surface area contributed by atoms with Crippen LogP contribution in [0.2, 0.25) is 0 Å². The molecule has 1 N–H and O–H groups in total. The average Bonchev–Trinajstić information content (AvgIpc) is 1.81. The summed E-state index contributed by atoms with van der Waals surface area (Å²) in [6, 6.07) is 0. The van der Waals surface area contributed by atoms with Gasteiger partial charge in [-0.3, -0.25) is 5.73 Å².